The molecule has 0 saturated heterocycles. The lowest BCUT2D eigenvalue weighted by Crippen LogP contribution is -2.30. The molecule has 0 unspecified atom stereocenters. The quantitative estimate of drug-likeness (QED) is 0.749. The second-order valence-corrected chi connectivity index (χ2v) is 5.10. The summed E-state index contributed by atoms with van der Waals surface area (Å²) in [7, 11) is 1.64. The van der Waals surface area contributed by atoms with Gasteiger partial charge in [0.05, 0.1) is 16.6 Å². The van der Waals surface area contributed by atoms with E-state index in [0.29, 0.717) is 37.7 Å². The molecule has 0 fully saturated rings. The van der Waals surface area contributed by atoms with E-state index in [1.54, 1.807) is 13.2 Å². The fourth-order valence-electron chi connectivity index (χ4n) is 1.67. The number of rotatable bonds is 8. The summed E-state index contributed by atoms with van der Waals surface area (Å²) in [6.07, 6.45) is 0.617. The van der Waals surface area contributed by atoms with E-state index in [0.717, 1.165) is 5.56 Å². The van der Waals surface area contributed by atoms with Gasteiger partial charge in [0.2, 0.25) is 0 Å². The smallest absolute Gasteiger partial charge is 0.142 e. The zero-order valence-electron chi connectivity index (χ0n) is 10.9. The Balaban J connectivity index is 2.69. The number of methoxy groups -OCH3 is 1. The van der Waals surface area contributed by atoms with Gasteiger partial charge in [-0.2, -0.15) is 0 Å². The molecule has 0 radical (unpaired) electrons. The van der Waals surface area contributed by atoms with E-state index in [9.17, 15) is 4.39 Å². The number of ether oxygens (including phenoxy) is 1. The zero-order chi connectivity index (χ0) is 14.3. The summed E-state index contributed by atoms with van der Waals surface area (Å²) < 4.78 is 18.4. The lowest BCUT2D eigenvalue weighted by Gasteiger charge is -2.22. The molecule has 1 aromatic rings. The van der Waals surface area contributed by atoms with Crippen molar-refractivity contribution in [2.75, 3.05) is 26.8 Å². The first kappa shape index (κ1) is 16.3. The Labute approximate surface area is 123 Å². The van der Waals surface area contributed by atoms with Crippen LogP contribution in [-0.4, -0.2) is 36.7 Å². The van der Waals surface area contributed by atoms with Gasteiger partial charge >= 0.3 is 0 Å². The van der Waals surface area contributed by atoms with Gasteiger partial charge < -0.3 is 10.5 Å². The van der Waals surface area contributed by atoms with Gasteiger partial charge in [0.1, 0.15) is 5.82 Å². The van der Waals surface area contributed by atoms with Gasteiger partial charge in [0, 0.05) is 33.2 Å². The van der Waals surface area contributed by atoms with Crippen molar-refractivity contribution < 1.29 is 9.13 Å². The molecule has 0 heterocycles. The Hall–Kier alpha value is -0.750. The standard InChI is InChI=1S/C13H18ClFN2OS/c1-18-8-7-17(6-5-12(16)19)9-10-3-2-4-11(15)13(10)14/h2-4H,5-9H2,1H3,(H2,16,19). The molecule has 0 aromatic heterocycles. The summed E-state index contributed by atoms with van der Waals surface area (Å²) >= 11 is 10.8. The first-order valence-electron chi connectivity index (χ1n) is 5.97. The molecule has 19 heavy (non-hydrogen) atoms. The maximum Gasteiger partial charge on any atom is 0.142 e. The third-order valence-corrected chi connectivity index (χ3v) is 3.34. The van der Waals surface area contributed by atoms with Crippen LogP contribution in [-0.2, 0) is 11.3 Å². The number of halogens is 2. The molecule has 0 amide bonds. The summed E-state index contributed by atoms with van der Waals surface area (Å²) in [6, 6.07) is 4.81. The fraction of sp³-hybridized carbons (Fsp3) is 0.462. The van der Waals surface area contributed by atoms with Gasteiger partial charge in [-0.3, -0.25) is 4.90 Å². The maximum absolute atomic E-state index is 13.4. The fourth-order valence-corrected chi connectivity index (χ4v) is 1.95. The van der Waals surface area contributed by atoms with Crippen LogP contribution in [0.1, 0.15) is 12.0 Å². The van der Waals surface area contributed by atoms with Crippen molar-refractivity contribution in [1.82, 2.24) is 4.90 Å². The minimum absolute atomic E-state index is 0.167. The number of nitrogens with two attached hydrogens (primary N) is 1. The summed E-state index contributed by atoms with van der Waals surface area (Å²) in [5.41, 5.74) is 6.25. The first-order valence-corrected chi connectivity index (χ1v) is 6.75. The lowest BCUT2D eigenvalue weighted by atomic mass is 10.2. The van der Waals surface area contributed by atoms with Crippen molar-refractivity contribution in [3.63, 3.8) is 0 Å². The van der Waals surface area contributed by atoms with E-state index in [2.05, 4.69) is 4.90 Å². The minimum Gasteiger partial charge on any atom is -0.393 e. The van der Waals surface area contributed by atoms with Crippen LogP contribution in [0.5, 0.6) is 0 Å². The van der Waals surface area contributed by atoms with Crippen LogP contribution < -0.4 is 5.73 Å². The molecule has 1 rings (SSSR count). The summed E-state index contributed by atoms with van der Waals surface area (Å²) in [6.45, 7) is 2.55. The Morgan fingerprint density at radius 2 is 2.21 bits per heavy atom. The Morgan fingerprint density at radius 1 is 1.47 bits per heavy atom. The van der Waals surface area contributed by atoms with Gasteiger partial charge in [-0.1, -0.05) is 36.0 Å². The van der Waals surface area contributed by atoms with Crippen molar-refractivity contribution >= 4 is 28.8 Å². The Morgan fingerprint density at radius 3 is 2.84 bits per heavy atom. The van der Waals surface area contributed by atoms with E-state index in [1.165, 1.54) is 6.07 Å². The number of hydrogen-bond donors (Lipinski definition) is 1. The van der Waals surface area contributed by atoms with Crippen LogP contribution >= 0.6 is 23.8 Å². The SMILES string of the molecule is COCCN(CCC(N)=S)Cc1cccc(F)c1Cl. The predicted octanol–water partition coefficient (Wildman–Crippen LogP) is 2.60. The summed E-state index contributed by atoms with van der Waals surface area (Å²) in [5.74, 6) is -0.403. The third-order valence-electron chi connectivity index (χ3n) is 2.71. The number of hydrogen-bond acceptors (Lipinski definition) is 3. The van der Waals surface area contributed by atoms with Crippen LogP contribution in [0, 0.1) is 5.82 Å². The van der Waals surface area contributed by atoms with Gasteiger partial charge in [0.25, 0.3) is 0 Å². The minimum atomic E-state index is -0.403. The van der Waals surface area contributed by atoms with Crippen LogP contribution in [0.2, 0.25) is 5.02 Å². The number of benzene rings is 1. The van der Waals surface area contributed by atoms with Crippen molar-refractivity contribution in [1.29, 1.82) is 0 Å². The largest absolute Gasteiger partial charge is 0.393 e. The van der Waals surface area contributed by atoms with Crippen molar-refractivity contribution in [3.8, 4) is 0 Å². The molecule has 0 aliphatic carbocycles. The van der Waals surface area contributed by atoms with E-state index in [4.69, 9.17) is 34.3 Å². The van der Waals surface area contributed by atoms with Crippen molar-refractivity contribution in [3.05, 3.63) is 34.6 Å². The van der Waals surface area contributed by atoms with Crippen LogP contribution in [0.25, 0.3) is 0 Å². The monoisotopic (exact) mass is 304 g/mol. The molecule has 0 aliphatic rings. The first-order chi connectivity index (χ1) is 9.04. The topological polar surface area (TPSA) is 38.5 Å². The molecular weight excluding hydrogens is 287 g/mol. The molecule has 0 aliphatic heterocycles. The third kappa shape index (κ3) is 5.82. The highest BCUT2D eigenvalue weighted by molar-refractivity contribution is 7.80. The lowest BCUT2D eigenvalue weighted by molar-refractivity contribution is 0.146. The molecule has 106 valence electrons. The molecule has 3 nitrogen and oxygen atoms in total. The van der Waals surface area contributed by atoms with Gasteiger partial charge in [-0.05, 0) is 11.6 Å². The highest BCUT2D eigenvalue weighted by Gasteiger charge is 2.11. The molecular formula is C13H18ClFN2OS. The molecule has 0 spiro atoms. The highest BCUT2D eigenvalue weighted by atomic mass is 35.5. The molecule has 6 heteroatoms. The normalized spacial score (nSPS) is 10.9. The van der Waals surface area contributed by atoms with Crippen LogP contribution in [0.15, 0.2) is 18.2 Å². The number of thiocarbonyl (C=S) groups is 1. The summed E-state index contributed by atoms with van der Waals surface area (Å²) in [4.78, 5) is 2.55. The predicted molar refractivity (Wildman–Crippen MR) is 80.0 cm³/mol. The van der Waals surface area contributed by atoms with Crippen LogP contribution in [0.3, 0.4) is 0 Å². The van der Waals surface area contributed by atoms with Gasteiger partial charge in [-0.15, -0.1) is 0 Å². The van der Waals surface area contributed by atoms with Crippen molar-refractivity contribution in [2.45, 2.75) is 13.0 Å². The molecule has 0 bridgehead atoms. The zero-order valence-corrected chi connectivity index (χ0v) is 12.4. The number of nitrogens with zero attached hydrogens (tertiary/aromatic N) is 1. The second kappa shape index (κ2) is 8.43. The Kier molecular flexibility index (Phi) is 7.23. The average Bonchev–Trinajstić information content (AvgIpc) is 2.37. The van der Waals surface area contributed by atoms with Crippen molar-refractivity contribution in [2.24, 2.45) is 5.73 Å². The van der Waals surface area contributed by atoms with Gasteiger partial charge in [-0.25, -0.2) is 4.39 Å². The summed E-state index contributed by atoms with van der Waals surface area (Å²) in [5, 5.41) is 0.167. The van der Waals surface area contributed by atoms with Gasteiger partial charge in [0.15, 0.2) is 0 Å². The Bertz CT molecular complexity index is 431. The maximum atomic E-state index is 13.4. The molecule has 0 saturated carbocycles. The molecule has 0 atom stereocenters. The van der Waals surface area contributed by atoms with Crippen LogP contribution in [0.4, 0.5) is 4.39 Å². The van der Waals surface area contributed by atoms with E-state index >= 15 is 0 Å². The van der Waals surface area contributed by atoms with E-state index in [-0.39, 0.29) is 5.02 Å². The van der Waals surface area contributed by atoms with E-state index in [1.807, 2.05) is 6.07 Å². The highest BCUT2D eigenvalue weighted by Crippen LogP contribution is 2.21. The molecule has 1 aromatic carbocycles. The second-order valence-electron chi connectivity index (χ2n) is 4.20. The molecule has 2 N–H and O–H groups in total. The van der Waals surface area contributed by atoms with E-state index < -0.39 is 5.82 Å². The average molecular weight is 305 g/mol.